The second kappa shape index (κ2) is 12.7. The molecule has 2 aromatic carbocycles. The highest BCUT2D eigenvalue weighted by Crippen LogP contribution is 2.46. The van der Waals surface area contributed by atoms with E-state index in [2.05, 4.69) is 20.0 Å². The van der Waals surface area contributed by atoms with Crippen molar-refractivity contribution in [2.75, 3.05) is 43.9 Å². The molecule has 3 aliphatic rings. The number of nitrogen functional groups attached to an aromatic ring is 1. The standard InChI is InChI=1S/C34H31ClF4N10O2S/c1-16-23(6-9-48(16)33(50)49-15-42-31(39)45-49)46(2)30-19-10-21(35)25(18-4-5-22(37)28-24(18)20(12-40)29(41)52-28)26(38)27(19)43-32(44-30)51-14-34-7-3-8-47(34)13-17(36)11-34/h4-5,10,15-17,23H,3,6-9,11,13-14,41H2,1-2H3/t16-,17-,23-,34+/m1/s1. The van der Waals surface area contributed by atoms with Gasteiger partial charge < -0.3 is 20.3 Å². The number of ether oxygens (including phenoxy) is 1. The summed E-state index contributed by atoms with van der Waals surface area (Å²) in [7, 11) is 1.74. The number of alkyl halides is 1. The van der Waals surface area contributed by atoms with E-state index in [-0.39, 0.29) is 72.2 Å². The van der Waals surface area contributed by atoms with Crippen LogP contribution >= 0.6 is 22.9 Å². The maximum Gasteiger partial charge on any atom is 0.346 e. The van der Waals surface area contributed by atoms with Crippen LogP contribution < -0.4 is 15.4 Å². The minimum atomic E-state index is -1.03. The molecule has 52 heavy (non-hydrogen) atoms. The summed E-state index contributed by atoms with van der Waals surface area (Å²) in [5.41, 5.74) is 5.42. The Labute approximate surface area is 303 Å². The van der Waals surface area contributed by atoms with E-state index in [1.807, 2.05) is 13.0 Å². The summed E-state index contributed by atoms with van der Waals surface area (Å²) in [6, 6.07) is 4.51. The minimum Gasteiger partial charge on any atom is -0.461 e. The number of halogens is 5. The zero-order valence-electron chi connectivity index (χ0n) is 27.9. The maximum atomic E-state index is 17.1. The van der Waals surface area contributed by atoms with Crippen molar-refractivity contribution >= 4 is 60.8 Å². The molecule has 6 heterocycles. The van der Waals surface area contributed by atoms with Crippen LogP contribution in [0, 0.1) is 29.0 Å². The van der Waals surface area contributed by atoms with E-state index in [0.29, 0.717) is 25.9 Å². The molecular weight excluding hydrogens is 724 g/mol. The minimum absolute atomic E-state index is 0.00301. The van der Waals surface area contributed by atoms with E-state index in [1.165, 1.54) is 17.0 Å². The van der Waals surface area contributed by atoms with E-state index in [0.717, 1.165) is 47.8 Å². The first-order valence-electron chi connectivity index (χ1n) is 16.6. The molecule has 3 aromatic heterocycles. The second-order valence-corrected chi connectivity index (χ2v) is 15.0. The fraction of sp³-hybridized carbons (Fsp3) is 0.412. The summed E-state index contributed by atoms with van der Waals surface area (Å²) >= 11 is 7.74. The lowest BCUT2D eigenvalue weighted by atomic mass is 9.95. The monoisotopic (exact) mass is 754 g/mol. The maximum absolute atomic E-state index is 17.1. The van der Waals surface area contributed by atoms with E-state index in [4.69, 9.17) is 27.1 Å². The van der Waals surface area contributed by atoms with Gasteiger partial charge in [-0.1, -0.05) is 17.7 Å². The fourth-order valence-electron chi connectivity index (χ4n) is 8.23. The van der Waals surface area contributed by atoms with Crippen LogP contribution in [0.2, 0.25) is 5.02 Å². The Balaban J connectivity index is 1.24. The van der Waals surface area contributed by atoms with E-state index >= 15 is 4.39 Å². The molecule has 5 aromatic rings. The first-order valence-corrected chi connectivity index (χ1v) is 17.8. The van der Waals surface area contributed by atoms with Crippen molar-refractivity contribution in [2.24, 2.45) is 0 Å². The third-order valence-corrected chi connectivity index (χ3v) is 12.0. The van der Waals surface area contributed by atoms with Gasteiger partial charge in [0.05, 0.1) is 32.9 Å². The van der Waals surface area contributed by atoms with Gasteiger partial charge in [0.15, 0.2) is 5.82 Å². The van der Waals surface area contributed by atoms with Crippen molar-refractivity contribution in [3.63, 3.8) is 0 Å². The Morgan fingerprint density at radius 3 is 2.83 bits per heavy atom. The number of hydrogen-bond donors (Lipinski definition) is 1. The van der Waals surface area contributed by atoms with Crippen LogP contribution in [0.25, 0.3) is 32.1 Å². The third-order valence-electron chi connectivity index (χ3n) is 10.7. The number of hydrogen-bond acceptors (Lipinski definition) is 11. The molecule has 1 amide bonds. The molecule has 4 atom stereocenters. The van der Waals surface area contributed by atoms with Gasteiger partial charge in [-0.15, -0.1) is 16.4 Å². The highest BCUT2D eigenvalue weighted by Gasteiger charge is 2.49. The zero-order valence-corrected chi connectivity index (χ0v) is 29.5. The van der Waals surface area contributed by atoms with Crippen molar-refractivity contribution in [1.29, 1.82) is 5.26 Å². The lowest BCUT2D eigenvalue weighted by Crippen LogP contribution is -2.45. The molecule has 3 fully saturated rings. The third kappa shape index (κ3) is 5.38. The number of likely N-dealkylation sites (tertiary alicyclic amines) is 1. The van der Waals surface area contributed by atoms with E-state index in [1.54, 1.807) is 11.9 Å². The average Bonchev–Trinajstić information content (AvgIpc) is 3.93. The van der Waals surface area contributed by atoms with Crippen LogP contribution in [0.3, 0.4) is 0 Å². The van der Waals surface area contributed by atoms with Gasteiger partial charge in [-0.05, 0) is 50.4 Å². The largest absolute Gasteiger partial charge is 0.461 e. The van der Waals surface area contributed by atoms with Crippen LogP contribution in [0.15, 0.2) is 24.5 Å². The highest BCUT2D eigenvalue weighted by atomic mass is 35.5. The van der Waals surface area contributed by atoms with Crippen LogP contribution in [-0.2, 0) is 0 Å². The fourth-order valence-corrected chi connectivity index (χ4v) is 9.47. The number of nitriles is 1. The number of aromatic nitrogens is 5. The molecule has 0 unspecified atom stereocenters. The topological polar surface area (TPSA) is 142 Å². The van der Waals surface area contributed by atoms with Gasteiger partial charge in [-0.25, -0.2) is 18.0 Å². The predicted octanol–water partition coefficient (Wildman–Crippen LogP) is 6.15. The lowest BCUT2D eigenvalue weighted by molar-refractivity contribution is 0.107. The van der Waals surface area contributed by atoms with Gasteiger partial charge in [-0.2, -0.15) is 29.3 Å². The number of benzene rings is 2. The molecule has 0 spiro atoms. The Morgan fingerprint density at radius 1 is 1.27 bits per heavy atom. The van der Waals surface area contributed by atoms with E-state index in [9.17, 15) is 23.2 Å². The van der Waals surface area contributed by atoms with Crippen molar-refractivity contribution in [2.45, 2.75) is 56.4 Å². The molecule has 2 N–H and O–H groups in total. The molecule has 0 bridgehead atoms. The zero-order chi connectivity index (χ0) is 36.6. The summed E-state index contributed by atoms with van der Waals surface area (Å²) in [6.45, 7) is 3.26. The normalized spacial score (nSPS) is 23.1. The van der Waals surface area contributed by atoms with Gasteiger partial charge >= 0.3 is 18.1 Å². The molecule has 18 heteroatoms. The number of carbonyl (C=O) groups is 1. The van der Waals surface area contributed by atoms with Crippen molar-refractivity contribution < 1.29 is 27.1 Å². The Hall–Kier alpha value is -4.79. The Morgan fingerprint density at radius 2 is 2.08 bits per heavy atom. The first kappa shape index (κ1) is 34.3. The number of rotatable bonds is 6. The van der Waals surface area contributed by atoms with Crippen LogP contribution in [-0.4, -0.2) is 97.6 Å². The van der Waals surface area contributed by atoms with Gasteiger partial charge in [0, 0.05) is 42.9 Å². The number of nitrogens with zero attached hydrogens (tertiary/aromatic N) is 9. The number of amides is 1. The quantitative estimate of drug-likeness (QED) is 0.201. The second-order valence-electron chi connectivity index (χ2n) is 13.5. The number of anilines is 2. The van der Waals surface area contributed by atoms with Gasteiger partial charge in [0.1, 0.15) is 47.3 Å². The molecule has 0 radical (unpaired) electrons. The van der Waals surface area contributed by atoms with Gasteiger partial charge in [-0.3, -0.25) is 4.90 Å². The summed E-state index contributed by atoms with van der Waals surface area (Å²) in [5, 5.41) is 13.8. The molecule has 0 saturated carbocycles. The number of nitrogens with two attached hydrogens (primary N) is 1. The van der Waals surface area contributed by atoms with Gasteiger partial charge in [0.25, 0.3) is 0 Å². The highest BCUT2D eigenvalue weighted by molar-refractivity contribution is 7.23. The van der Waals surface area contributed by atoms with Crippen LogP contribution in [0.4, 0.5) is 33.2 Å². The smallest absolute Gasteiger partial charge is 0.346 e. The van der Waals surface area contributed by atoms with Crippen molar-refractivity contribution in [3.8, 4) is 23.2 Å². The predicted molar refractivity (Wildman–Crippen MR) is 187 cm³/mol. The molecule has 3 saturated heterocycles. The van der Waals surface area contributed by atoms with E-state index < -0.39 is 41.5 Å². The molecule has 270 valence electrons. The van der Waals surface area contributed by atoms with Gasteiger partial charge in [0.2, 0.25) is 0 Å². The number of likely N-dealkylation sites (N-methyl/N-ethyl adjacent to an activating group) is 1. The Bertz CT molecular complexity index is 2320. The average molecular weight is 755 g/mol. The molecule has 0 aliphatic carbocycles. The molecule has 12 nitrogen and oxygen atoms in total. The SMILES string of the molecule is C[C@@H]1[C@H](N(C)c2nc(OC[C@@]34CCCN3C[C@H](F)C4)nc3c(F)c(-c4ccc(F)c5sc(N)c(C#N)c45)c(Cl)cc23)CCN1C(=O)n1cnc(F)n1. The molecule has 8 rings (SSSR count). The summed E-state index contributed by atoms with van der Waals surface area (Å²) in [5.74, 6) is -1.23. The summed E-state index contributed by atoms with van der Waals surface area (Å²) in [4.78, 5) is 31.3. The Kier molecular flexibility index (Phi) is 8.38. The first-order chi connectivity index (χ1) is 24.9. The van der Waals surface area contributed by atoms with Crippen LogP contribution in [0.5, 0.6) is 6.01 Å². The summed E-state index contributed by atoms with van der Waals surface area (Å²) in [6.07, 6.45) is 1.37. The molecular formula is C34H31ClF4N10O2S. The molecule has 3 aliphatic heterocycles. The van der Waals surface area contributed by atoms with Crippen molar-refractivity contribution in [1.82, 2.24) is 34.5 Å². The van der Waals surface area contributed by atoms with Crippen LogP contribution in [0.1, 0.15) is 38.2 Å². The van der Waals surface area contributed by atoms with Crippen molar-refractivity contribution in [3.05, 3.63) is 52.8 Å². The summed E-state index contributed by atoms with van der Waals surface area (Å²) < 4.78 is 67.3. The number of thiophene rings is 1. The number of carbonyl (C=O) groups excluding carboxylic acids is 1. The number of fused-ring (bicyclic) bond motifs is 3. The lowest BCUT2D eigenvalue weighted by Gasteiger charge is -2.33.